The summed E-state index contributed by atoms with van der Waals surface area (Å²) in [5.74, 6) is 2.24. The highest BCUT2D eigenvalue weighted by Gasteiger charge is 2.21. The van der Waals surface area contributed by atoms with Crippen LogP contribution in [0.5, 0.6) is 17.2 Å². The van der Waals surface area contributed by atoms with Crippen LogP contribution in [-0.2, 0) is 6.61 Å². The fraction of sp³-hybridized carbons (Fsp3) is 0.214. The molecule has 10 heteroatoms. The molecule has 0 spiro atoms. The number of nitrogens with zero attached hydrogens (tertiary/aromatic N) is 5. The number of nitrogen functional groups attached to an aromatic ring is 1. The number of fused-ring (bicyclic) bond motifs is 1. The van der Waals surface area contributed by atoms with E-state index < -0.39 is 5.82 Å². The second kappa shape index (κ2) is 10.8. The molecule has 0 aliphatic rings. The summed E-state index contributed by atoms with van der Waals surface area (Å²) in [4.78, 5) is 17.3. The van der Waals surface area contributed by atoms with Gasteiger partial charge < -0.3 is 20.3 Å². The Morgan fingerprint density at radius 3 is 2.47 bits per heavy atom. The van der Waals surface area contributed by atoms with E-state index in [1.807, 2.05) is 23.5 Å². The molecule has 0 saturated heterocycles. The fourth-order valence-electron chi connectivity index (χ4n) is 4.13. The van der Waals surface area contributed by atoms with Gasteiger partial charge in [0, 0.05) is 60.0 Å². The number of anilines is 1. The van der Waals surface area contributed by atoms with Crippen molar-refractivity contribution in [3.63, 3.8) is 0 Å². The molecule has 0 unspecified atom stereocenters. The lowest BCUT2D eigenvalue weighted by molar-refractivity contribution is 0.257. The maximum atomic E-state index is 14.3. The molecule has 0 bridgehead atoms. The van der Waals surface area contributed by atoms with Gasteiger partial charge >= 0.3 is 0 Å². The number of nitrogens with two attached hydrogens (primary N) is 1. The lowest BCUT2D eigenvalue weighted by atomic mass is 10.1. The quantitative estimate of drug-likeness (QED) is 0.280. The summed E-state index contributed by atoms with van der Waals surface area (Å²) in [5.41, 5.74) is 9.11. The minimum absolute atomic E-state index is 0.0256. The predicted octanol–water partition coefficient (Wildman–Crippen LogP) is 5.07. The average molecular weight is 515 g/mol. The van der Waals surface area contributed by atoms with Crippen molar-refractivity contribution in [3.05, 3.63) is 90.3 Å². The molecule has 3 aromatic heterocycles. The summed E-state index contributed by atoms with van der Waals surface area (Å²) in [6, 6.07) is 11.4. The molecule has 0 saturated carbocycles. The zero-order chi connectivity index (χ0) is 26.6. The van der Waals surface area contributed by atoms with Crippen molar-refractivity contribution in [2.24, 2.45) is 0 Å². The first-order valence-electron chi connectivity index (χ1n) is 12.2. The van der Waals surface area contributed by atoms with Crippen molar-refractivity contribution in [2.45, 2.75) is 32.8 Å². The van der Waals surface area contributed by atoms with Crippen molar-refractivity contribution in [1.29, 1.82) is 0 Å². The zero-order valence-corrected chi connectivity index (χ0v) is 21.0. The van der Waals surface area contributed by atoms with Gasteiger partial charge in [0.05, 0.1) is 6.61 Å². The second-order valence-corrected chi connectivity index (χ2v) is 8.81. The summed E-state index contributed by atoms with van der Waals surface area (Å²) in [5, 5.41) is 9.85. The van der Waals surface area contributed by atoms with Crippen LogP contribution in [0.4, 0.5) is 10.2 Å². The van der Waals surface area contributed by atoms with E-state index >= 15 is 0 Å². The Hall–Kier alpha value is -4.57. The first-order valence-corrected chi connectivity index (χ1v) is 12.2. The van der Waals surface area contributed by atoms with Gasteiger partial charge in [-0.2, -0.15) is 0 Å². The van der Waals surface area contributed by atoms with Crippen molar-refractivity contribution in [1.82, 2.24) is 24.3 Å². The van der Waals surface area contributed by atoms with E-state index in [4.69, 9.17) is 20.2 Å². The molecule has 0 radical (unpaired) electrons. The van der Waals surface area contributed by atoms with Gasteiger partial charge in [-0.1, -0.05) is 6.92 Å². The summed E-state index contributed by atoms with van der Waals surface area (Å²) in [7, 11) is 0. The third-order valence-electron chi connectivity index (χ3n) is 6.14. The first kappa shape index (κ1) is 25.1. The number of aryl methyl sites for hydroxylation is 1. The maximum absolute atomic E-state index is 14.3. The SMILES string of the molecule is CC[C@H](CO)c1nc(-c2ccc(Oc3cc(F)cc(OCc4cnc(C)nc4)c3)cc2)c2c(N)nccn12. The number of hydrogen-bond donors (Lipinski definition) is 2. The van der Waals surface area contributed by atoms with Gasteiger partial charge in [0.2, 0.25) is 0 Å². The van der Waals surface area contributed by atoms with Gasteiger partial charge in [-0.15, -0.1) is 0 Å². The molecule has 194 valence electrons. The summed E-state index contributed by atoms with van der Waals surface area (Å²) in [6.07, 6.45) is 7.47. The molecular weight excluding hydrogens is 487 g/mol. The zero-order valence-electron chi connectivity index (χ0n) is 21.0. The Morgan fingerprint density at radius 1 is 1.03 bits per heavy atom. The number of halogens is 1. The molecular formula is C28H27FN6O3. The number of aliphatic hydroxyl groups excluding tert-OH is 1. The molecule has 3 N–H and O–H groups in total. The largest absolute Gasteiger partial charge is 0.489 e. The van der Waals surface area contributed by atoms with E-state index in [9.17, 15) is 9.50 Å². The molecule has 1 atom stereocenters. The third kappa shape index (κ3) is 5.25. The second-order valence-electron chi connectivity index (χ2n) is 8.81. The highest BCUT2D eigenvalue weighted by atomic mass is 19.1. The fourth-order valence-corrected chi connectivity index (χ4v) is 4.13. The Morgan fingerprint density at radius 2 is 1.76 bits per heavy atom. The number of hydrogen-bond acceptors (Lipinski definition) is 8. The Bertz CT molecular complexity index is 1550. The van der Waals surface area contributed by atoms with Crippen LogP contribution in [-0.4, -0.2) is 36.1 Å². The topological polar surface area (TPSA) is 121 Å². The van der Waals surface area contributed by atoms with Crippen LogP contribution in [0.3, 0.4) is 0 Å². The number of benzene rings is 2. The normalized spacial score (nSPS) is 12.0. The van der Waals surface area contributed by atoms with Gasteiger partial charge in [-0.05, 0) is 37.6 Å². The summed E-state index contributed by atoms with van der Waals surface area (Å²) in [6.45, 7) is 3.97. The van der Waals surface area contributed by atoms with E-state index in [-0.39, 0.29) is 19.1 Å². The molecule has 0 aliphatic carbocycles. The summed E-state index contributed by atoms with van der Waals surface area (Å²) < 4.78 is 27.8. The van der Waals surface area contributed by atoms with Gasteiger partial charge in [0.25, 0.3) is 0 Å². The monoisotopic (exact) mass is 514 g/mol. The van der Waals surface area contributed by atoms with Crippen molar-refractivity contribution >= 4 is 11.3 Å². The van der Waals surface area contributed by atoms with E-state index in [1.165, 1.54) is 12.1 Å². The van der Waals surface area contributed by atoms with E-state index in [0.29, 0.717) is 40.1 Å². The minimum Gasteiger partial charge on any atom is -0.489 e. The Kier molecular flexibility index (Phi) is 7.14. The molecule has 2 aromatic carbocycles. The predicted molar refractivity (Wildman–Crippen MR) is 141 cm³/mol. The average Bonchev–Trinajstić information content (AvgIpc) is 3.30. The molecule has 5 rings (SSSR count). The van der Waals surface area contributed by atoms with Gasteiger partial charge in [0.15, 0.2) is 0 Å². The Balaban J connectivity index is 1.37. The van der Waals surface area contributed by atoms with E-state index in [0.717, 1.165) is 23.4 Å². The number of aliphatic hydroxyl groups is 1. The molecule has 0 fully saturated rings. The lowest BCUT2D eigenvalue weighted by Crippen LogP contribution is -2.08. The van der Waals surface area contributed by atoms with Crippen LogP contribution in [0, 0.1) is 12.7 Å². The van der Waals surface area contributed by atoms with Gasteiger partial charge in [-0.25, -0.2) is 24.3 Å². The number of ether oxygens (including phenoxy) is 2. The first-order chi connectivity index (χ1) is 18.4. The molecule has 0 amide bonds. The number of aromatic nitrogens is 5. The van der Waals surface area contributed by atoms with Crippen LogP contribution in [0.15, 0.2) is 67.3 Å². The molecule has 3 heterocycles. The van der Waals surface area contributed by atoms with Crippen molar-refractivity contribution in [2.75, 3.05) is 12.3 Å². The molecule has 0 aliphatic heterocycles. The molecule has 9 nitrogen and oxygen atoms in total. The summed E-state index contributed by atoms with van der Waals surface area (Å²) >= 11 is 0. The Labute approximate surface area is 218 Å². The minimum atomic E-state index is -0.483. The highest BCUT2D eigenvalue weighted by molar-refractivity contribution is 5.85. The van der Waals surface area contributed by atoms with E-state index in [1.54, 1.807) is 49.9 Å². The third-order valence-corrected chi connectivity index (χ3v) is 6.14. The van der Waals surface area contributed by atoms with Crippen LogP contribution < -0.4 is 15.2 Å². The van der Waals surface area contributed by atoms with Crippen molar-refractivity contribution < 1.29 is 19.0 Å². The number of rotatable bonds is 9. The smallest absolute Gasteiger partial charge is 0.150 e. The van der Waals surface area contributed by atoms with Crippen molar-refractivity contribution in [3.8, 4) is 28.5 Å². The maximum Gasteiger partial charge on any atom is 0.150 e. The lowest BCUT2D eigenvalue weighted by Gasteiger charge is -2.10. The van der Waals surface area contributed by atoms with Crippen LogP contribution in [0.2, 0.25) is 0 Å². The van der Waals surface area contributed by atoms with Gasteiger partial charge in [-0.3, -0.25) is 4.40 Å². The van der Waals surface area contributed by atoms with E-state index in [2.05, 4.69) is 15.0 Å². The highest BCUT2D eigenvalue weighted by Crippen LogP contribution is 2.33. The van der Waals surface area contributed by atoms with Gasteiger partial charge in [0.1, 0.15) is 58.3 Å². The standard InChI is InChI=1S/C28H27FN6O3/c1-3-19(15-36)28-34-25(26-27(30)31-8-9-35(26)28)20-4-6-22(7-5-20)38-24-11-21(29)10-23(12-24)37-16-18-13-32-17(2)33-14-18/h4-14,19,36H,3,15-16H2,1-2H3,(H2,30,31)/t19-/m1/s1. The van der Waals surface area contributed by atoms with Crippen LogP contribution in [0.25, 0.3) is 16.8 Å². The molecule has 5 aromatic rings. The van der Waals surface area contributed by atoms with Crippen LogP contribution in [0.1, 0.15) is 36.5 Å². The van der Waals surface area contributed by atoms with Crippen LogP contribution >= 0.6 is 0 Å². The number of imidazole rings is 1. The molecule has 38 heavy (non-hydrogen) atoms.